The molecule has 39 heavy (non-hydrogen) atoms. The first-order chi connectivity index (χ1) is 18.6. The summed E-state index contributed by atoms with van der Waals surface area (Å²) in [5.74, 6) is 0.511. The van der Waals surface area contributed by atoms with Crippen LogP contribution in [0.2, 0.25) is 0 Å². The average Bonchev–Trinajstić information content (AvgIpc) is 3.50. The molecule has 0 radical (unpaired) electrons. The predicted octanol–water partition coefficient (Wildman–Crippen LogP) is 1.19. The van der Waals surface area contributed by atoms with Crippen molar-refractivity contribution in [2.45, 2.75) is 42.0 Å². The second-order valence-corrected chi connectivity index (χ2v) is 14.3. The van der Waals surface area contributed by atoms with Crippen molar-refractivity contribution in [2.75, 3.05) is 58.1 Å². The number of aromatic nitrogens is 1. The minimum absolute atomic E-state index is 0.00182. The Morgan fingerprint density at radius 2 is 1.41 bits per heavy atom. The van der Waals surface area contributed by atoms with E-state index < -0.39 is 20.0 Å². The molecule has 1 amide bonds. The number of hydrogen-bond donors (Lipinski definition) is 1. The van der Waals surface area contributed by atoms with Gasteiger partial charge in [0.05, 0.1) is 9.79 Å². The maximum absolute atomic E-state index is 13.4. The first kappa shape index (κ1) is 28.0. The Morgan fingerprint density at radius 3 is 2.00 bits per heavy atom. The fourth-order valence-electron chi connectivity index (χ4n) is 5.62. The van der Waals surface area contributed by atoms with Gasteiger partial charge in [0.25, 0.3) is 0 Å². The van der Waals surface area contributed by atoms with E-state index in [2.05, 4.69) is 9.88 Å². The summed E-state index contributed by atoms with van der Waals surface area (Å²) < 4.78 is 55.4. The summed E-state index contributed by atoms with van der Waals surface area (Å²) in [4.78, 5) is 21.3. The Morgan fingerprint density at radius 1 is 0.821 bits per heavy atom. The van der Waals surface area contributed by atoms with Crippen molar-refractivity contribution in [3.63, 3.8) is 0 Å². The van der Waals surface area contributed by atoms with Crippen molar-refractivity contribution in [2.24, 2.45) is 5.92 Å². The van der Waals surface area contributed by atoms with E-state index in [4.69, 9.17) is 5.73 Å². The van der Waals surface area contributed by atoms with Crippen LogP contribution < -0.4 is 5.73 Å². The van der Waals surface area contributed by atoms with Gasteiger partial charge in [0, 0.05) is 57.9 Å². The molecule has 0 bridgehead atoms. The number of amides is 1. The van der Waals surface area contributed by atoms with Crippen LogP contribution in [0.4, 0.5) is 5.82 Å². The van der Waals surface area contributed by atoms with Crippen LogP contribution in [-0.2, 0) is 31.4 Å². The largest absolute Gasteiger partial charge is 0.384 e. The molecule has 3 aliphatic heterocycles. The maximum atomic E-state index is 13.4. The highest BCUT2D eigenvalue weighted by Crippen LogP contribution is 2.26. The Bertz CT molecular complexity index is 1400. The molecule has 3 saturated heterocycles. The quantitative estimate of drug-likeness (QED) is 0.519. The highest BCUT2D eigenvalue weighted by atomic mass is 32.2. The van der Waals surface area contributed by atoms with Crippen molar-refractivity contribution in [1.29, 1.82) is 0 Å². The molecule has 0 saturated carbocycles. The summed E-state index contributed by atoms with van der Waals surface area (Å²) in [7, 11) is -7.61. The molecule has 212 valence electrons. The minimum atomic E-state index is -3.89. The number of carbonyl (C=O) groups is 1. The van der Waals surface area contributed by atoms with Gasteiger partial charge in [-0.1, -0.05) is 6.07 Å². The van der Waals surface area contributed by atoms with Crippen LogP contribution >= 0.6 is 0 Å². The molecule has 5 rings (SSSR count). The van der Waals surface area contributed by atoms with Gasteiger partial charge in [0.15, 0.2) is 0 Å². The molecule has 2 N–H and O–H groups in total. The smallest absolute Gasteiger partial charge is 0.243 e. The molecular weight excluding hydrogens is 540 g/mol. The van der Waals surface area contributed by atoms with E-state index >= 15 is 0 Å². The van der Waals surface area contributed by atoms with Crippen molar-refractivity contribution >= 4 is 31.8 Å². The van der Waals surface area contributed by atoms with E-state index in [0.29, 0.717) is 32.0 Å². The van der Waals surface area contributed by atoms with Gasteiger partial charge < -0.3 is 10.6 Å². The van der Waals surface area contributed by atoms with Crippen LogP contribution in [0.1, 0.15) is 31.2 Å². The summed E-state index contributed by atoms with van der Waals surface area (Å²) in [6, 6.07) is 9.43. The van der Waals surface area contributed by atoms with E-state index in [0.717, 1.165) is 50.9 Å². The third-order valence-electron chi connectivity index (χ3n) is 7.88. The number of benzene rings is 1. The Labute approximate surface area is 230 Å². The molecule has 11 nitrogen and oxygen atoms in total. The fraction of sp³-hybridized carbons (Fsp3) is 0.538. The number of sulfonamides is 2. The number of carbonyl (C=O) groups excluding carboxylic acids is 1. The lowest BCUT2D eigenvalue weighted by atomic mass is 9.94. The lowest BCUT2D eigenvalue weighted by Crippen LogP contribution is -2.52. The molecule has 3 aliphatic rings. The number of nitrogens with two attached hydrogens (primary N) is 1. The van der Waals surface area contributed by atoms with Gasteiger partial charge in [-0.15, -0.1) is 0 Å². The second-order valence-electron chi connectivity index (χ2n) is 10.5. The highest BCUT2D eigenvalue weighted by molar-refractivity contribution is 7.90. The number of nitrogens with zero attached hydrogens (tertiary/aromatic N) is 5. The van der Waals surface area contributed by atoms with Gasteiger partial charge >= 0.3 is 0 Å². The van der Waals surface area contributed by atoms with Gasteiger partial charge in [-0.25, -0.2) is 21.8 Å². The number of nitrogen functional groups attached to an aromatic ring is 1. The van der Waals surface area contributed by atoms with E-state index in [-0.39, 0.29) is 34.7 Å². The van der Waals surface area contributed by atoms with Gasteiger partial charge in [-0.05, 0) is 74.7 Å². The third-order valence-corrected chi connectivity index (χ3v) is 11.7. The summed E-state index contributed by atoms with van der Waals surface area (Å²) in [6.07, 6.45) is 4.83. The molecule has 4 heterocycles. The first-order valence-corrected chi connectivity index (χ1v) is 16.3. The van der Waals surface area contributed by atoms with E-state index in [9.17, 15) is 21.6 Å². The molecule has 0 atom stereocenters. The Hall–Kier alpha value is -2.58. The van der Waals surface area contributed by atoms with Gasteiger partial charge in [0.1, 0.15) is 5.82 Å². The zero-order valence-electron chi connectivity index (χ0n) is 22.0. The Balaban J connectivity index is 1.15. The minimum Gasteiger partial charge on any atom is -0.384 e. The first-order valence-electron chi connectivity index (χ1n) is 13.5. The number of anilines is 1. The number of pyridine rings is 1. The monoisotopic (exact) mass is 576 g/mol. The van der Waals surface area contributed by atoms with Gasteiger partial charge in [-0.2, -0.15) is 8.61 Å². The number of piperidine rings is 1. The van der Waals surface area contributed by atoms with E-state index in [1.807, 2.05) is 12.1 Å². The lowest BCUT2D eigenvalue weighted by Gasteiger charge is -2.38. The fourth-order valence-corrected chi connectivity index (χ4v) is 8.72. The van der Waals surface area contributed by atoms with Crippen molar-refractivity contribution < 1.29 is 21.6 Å². The molecule has 1 aromatic carbocycles. The molecule has 1 aromatic heterocycles. The zero-order chi connectivity index (χ0) is 27.6. The Kier molecular flexibility index (Phi) is 8.24. The molecule has 13 heteroatoms. The van der Waals surface area contributed by atoms with Crippen molar-refractivity contribution in [3.8, 4) is 0 Å². The van der Waals surface area contributed by atoms with Crippen LogP contribution in [0.15, 0.2) is 52.4 Å². The van der Waals surface area contributed by atoms with Crippen molar-refractivity contribution in [1.82, 2.24) is 23.4 Å². The maximum Gasteiger partial charge on any atom is 0.243 e. The third kappa shape index (κ3) is 6.12. The van der Waals surface area contributed by atoms with Gasteiger partial charge in [0.2, 0.25) is 26.0 Å². The van der Waals surface area contributed by atoms with Crippen LogP contribution in [0.3, 0.4) is 0 Å². The SMILES string of the molecule is Nc1cc(CN2CCC(C(=O)N3CCN(S(=O)(=O)c4cccc(S(=O)(=O)N5CCCC5)c4)CC3)CC2)ccn1. The number of rotatable bonds is 7. The summed E-state index contributed by atoms with van der Waals surface area (Å²) in [5.41, 5.74) is 6.88. The highest BCUT2D eigenvalue weighted by Gasteiger charge is 2.35. The predicted molar refractivity (Wildman–Crippen MR) is 146 cm³/mol. The van der Waals surface area contributed by atoms with Gasteiger partial charge in [-0.3, -0.25) is 9.69 Å². The lowest BCUT2D eigenvalue weighted by molar-refractivity contribution is -0.138. The second kappa shape index (κ2) is 11.5. The number of hydrogen-bond acceptors (Lipinski definition) is 8. The molecule has 2 aromatic rings. The molecule has 0 aliphatic carbocycles. The standard InChI is InChI=1S/C26H36N6O5S2/c27-25-18-21(6-9-28-25)20-29-12-7-22(8-13-29)26(33)30-14-16-32(17-15-30)39(36,37)24-5-3-4-23(19-24)38(34,35)31-10-1-2-11-31/h3-6,9,18-19,22H,1-2,7-8,10-17,20H2,(H2,27,28). The molecule has 0 spiro atoms. The van der Waals surface area contributed by atoms with Crippen LogP contribution in [0.25, 0.3) is 0 Å². The average molecular weight is 577 g/mol. The number of likely N-dealkylation sites (tertiary alicyclic amines) is 1. The summed E-state index contributed by atoms with van der Waals surface area (Å²) in [6.45, 7) is 4.29. The molecule has 0 unspecified atom stereocenters. The van der Waals surface area contributed by atoms with E-state index in [1.165, 1.54) is 32.9 Å². The summed E-state index contributed by atoms with van der Waals surface area (Å²) >= 11 is 0. The van der Waals surface area contributed by atoms with Crippen molar-refractivity contribution in [3.05, 3.63) is 48.2 Å². The molecule has 3 fully saturated rings. The molecular formula is C26H36N6O5S2. The van der Waals surface area contributed by atoms with Crippen LogP contribution in [0.5, 0.6) is 0 Å². The van der Waals surface area contributed by atoms with Crippen LogP contribution in [0, 0.1) is 5.92 Å². The topological polar surface area (TPSA) is 137 Å². The summed E-state index contributed by atoms with van der Waals surface area (Å²) in [5, 5.41) is 0. The zero-order valence-corrected chi connectivity index (χ0v) is 23.6. The normalized spacial score (nSPS) is 20.9. The van der Waals surface area contributed by atoms with Crippen LogP contribution in [-0.4, -0.2) is 98.5 Å². The number of piperazine rings is 1. The van der Waals surface area contributed by atoms with E-state index in [1.54, 1.807) is 11.1 Å².